The summed E-state index contributed by atoms with van der Waals surface area (Å²) in [6.07, 6.45) is -8.40. The number of hydrogen-bond acceptors (Lipinski definition) is 12. The first-order chi connectivity index (χ1) is 15.6. The summed E-state index contributed by atoms with van der Waals surface area (Å²) in [5, 5.41) is 78.7. The molecule has 0 spiro atoms. The molecule has 4 rings (SSSR count). The Balaban J connectivity index is 1.91. The van der Waals surface area contributed by atoms with Gasteiger partial charge in [0.05, 0.1) is 6.61 Å². The summed E-state index contributed by atoms with van der Waals surface area (Å²) in [7, 11) is 0. The monoisotopic (exact) mass is 464 g/mol. The van der Waals surface area contributed by atoms with Gasteiger partial charge in [0.1, 0.15) is 46.9 Å². The largest absolute Gasteiger partial charge is 0.508 e. The van der Waals surface area contributed by atoms with E-state index < -0.39 is 71.5 Å². The predicted molar refractivity (Wildman–Crippen MR) is 109 cm³/mol. The standard InChI is InChI=1S/C21H20O12/c22-6-13-15(27)17(29)18(30)21(32-13)33-20-16(28)14-11(26)4-8(23)5-12(14)31-19(20)7-1-2-9(24)10(25)3-7/h1-5,13,15,17-18,21-27,29-30H,6H2/t13-,15-,17-,18-,21-/m1/s1. The van der Waals surface area contributed by atoms with Gasteiger partial charge < -0.3 is 54.7 Å². The van der Waals surface area contributed by atoms with Crippen LogP contribution in [0.25, 0.3) is 22.3 Å². The lowest BCUT2D eigenvalue weighted by Crippen LogP contribution is -2.60. The Kier molecular flexibility index (Phi) is 5.78. The Bertz CT molecular complexity index is 1250. The van der Waals surface area contributed by atoms with E-state index in [2.05, 4.69) is 0 Å². The Hall–Kier alpha value is -3.55. The highest BCUT2D eigenvalue weighted by Crippen LogP contribution is 2.39. The van der Waals surface area contributed by atoms with Gasteiger partial charge in [-0.1, -0.05) is 0 Å². The number of phenolic OH excluding ortho intramolecular Hbond substituents is 4. The number of hydrogen-bond donors (Lipinski definition) is 8. The van der Waals surface area contributed by atoms with Crippen LogP contribution in [0.15, 0.2) is 39.5 Å². The first-order valence-electron chi connectivity index (χ1n) is 9.64. The van der Waals surface area contributed by atoms with E-state index in [9.17, 15) is 45.6 Å². The number of benzene rings is 2. The SMILES string of the molecule is O=c1c(O[C@H]2O[C@H](CO)[C@@H](O)[C@@H](O)[C@H]2O)c(-c2ccc(O)c(O)c2)oc2cc(O)cc(O)c12. The van der Waals surface area contributed by atoms with E-state index in [4.69, 9.17) is 13.9 Å². The van der Waals surface area contributed by atoms with Crippen LogP contribution in [0, 0.1) is 0 Å². The van der Waals surface area contributed by atoms with Crippen molar-refractivity contribution in [2.45, 2.75) is 30.7 Å². The molecule has 12 nitrogen and oxygen atoms in total. The van der Waals surface area contributed by atoms with Gasteiger partial charge in [-0.05, 0) is 18.2 Å². The van der Waals surface area contributed by atoms with Crippen molar-refractivity contribution in [3.8, 4) is 40.1 Å². The molecule has 0 unspecified atom stereocenters. The summed E-state index contributed by atoms with van der Waals surface area (Å²) >= 11 is 0. The van der Waals surface area contributed by atoms with Gasteiger partial charge in [0.25, 0.3) is 0 Å². The van der Waals surface area contributed by atoms with Crippen molar-refractivity contribution >= 4 is 11.0 Å². The van der Waals surface area contributed by atoms with Crippen LogP contribution in [0.3, 0.4) is 0 Å². The molecule has 12 heteroatoms. The molecule has 5 atom stereocenters. The second-order valence-corrected chi connectivity index (χ2v) is 7.45. The van der Waals surface area contributed by atoms with E-state index in [0.29, 0.717) is 0 Å². The van der Waals surface area contributed by atoms with Crippen LogP contribution in [0.2, 0.25) is 0 Å². The quantitative estimate of drug-likeness (QED) is 0.229. The van der Waals surface area contributed by atoms with Crippen molar-refractivity contribution in [1.82, 2.24) is 0 Å². The second kappa shape index (κ2) is 8.42. The fourth-order valence-electron chi connectivity index (χ4n) is 3.51. The minimum atomic E-state index is -1.85. The average molecular weight is 464 g/mol. The molecule has 1 fully saturated rings. The third-order valence-electron chi connectivity index (χ3n) is 5.24. The fraction of sp³-hybridized carbons (Fsp3) is 0.286. The van der Waals surface area contributed by atoms with Crippen LogP contribution in [0.4, 0.5) is 0 Å². The Morgan fingerprint density at radius 2 is 1.61 bits per heavy atom. The van der Waals surface area contributed by atoms with Crippen molar-refractivity contribution in [3.05, 3.63) is 40.6 Å². The molecule has 2 aromatic carbocycles. The van der Waals surface area contributed by atoms with Crippen molar-refractivity contribution < 1.29 is 54.7 Å². The van der Waals surface area contributed by atoms with E-state index >= 15 is 0 Å². The van der Waals surface area contributed by atoms with Gasteiger partial charge in [0.15, 0.2) is 17.3 Å². The first kappa shape index (κ1) is 22.6. The van der Waals surface area contributed by atoms with Gasteiger partial charge in [-0.25, -0.2) is 0 Å². The summed E-state index contributed by atoms with van der Waals surface area (Å²) in [6.45, 7) is -0.740. The molecule has 8 N–H and O–H groups in total. The zero-order valence-electron chi connectivity index (χ0n) is 16.7. The molecule has 176 valence electrons. The Morgan fingerprint density at radius 3 is 2.27 bits per heavy atom. The van der Waals surface area contributed by atoms with Gasteiger partial charge in [-0.3, -0.25) is 4.79 Å². The number of aliphatic hydroxyl groups excluding tert-OH is 4. The summed E-state index contributed by atoms with van der Waals surface area (Å²) in [6, 6.07) is 5.36. The van der Waals surface area contributed by atoms with Gasteiger partial charge >= 0.3 is 0 Å². The lowest BCUT2D eigenvalue weighted by Gasteiger charge is -2.39. The van der Waals surface area contributed by atoms with Gasteiger partial charge in [-0.15, -0.1) is 0 Å². The lowest BCUT2D eigenvalue weighted by atomic mass is 9.99. The molecule has 0 saturated carbocycles. The van der Waals surface area contributed by atoms with Crippen LogP contribution < -0.4 is 10.2 Å². The van der Waals surface area contributed by atoms with Crippen LogP contribution in [-0.2, 0) is 4.74 Å². The van der Waals surface area contributed by atoms with Crippen molar-refractivity contribution in [1.29, 1.82) is 0 Å². The number of phenols is 4. The third-order valence-corrected chi connectivity index (χ3v) is 5.24. The number of ether oxygens (including phenoxy) is 2. The lowest BCUT2D eigenvalue weighted by molar-refractivity contribution is -0.277. The molecule has 1 saturated heterocycles. The molecule has 33 heavy (non-hydrogen) atoms. The highest BCUT2D eigenvalue weighted by atomic mass is 16.7. The van der Waals surface area contributed by atoms with Gasteiger partial charge in [0, 0.05) is 17.7 Å². The zero-order valence-corrected chi connectivity index (χ0v) is 16.7. The molecule has 0 bridgehead atoms. The van der Waals surface area contributed by atoms with E-state index in [1.807, 2.05) is 0 Å². The highest BCUT2D eigenvalue weighted by Gasteiger charge is 2.45. The van der Waals surface area contributed by atoms with Crippen LogP contribution in [0.1, 0.15) is 0 Å². The van der Waals surface area contributed by atoms with E-state index in [1.54, 1.807) is 0 Å². The fourth-order valence-corrected chi connectivity index (χ4v) is 3.51. The van der Waals surface area contributed by atoms with Crippen molar-refractivity contribution in [3.63, 3.8) is 0 Å². The summed E-state index contributed by atoms with van der Waals surface area (Å²) in [4.78, 5) is 13.2. The van der Waals surface area contributed by atoms with Gasteiger partial charge in [-0.2, -0.15) is 0 Å². The molecule has 2 heterocycles. The molecule has 1 aliphatic rings. The third kappa shape index (κ3) is 3.90. The summed E-state index contributed by atoms with van der Waals surface area (Å²) in [5.74, 6) is -3.05. The number of rotatable bonds is 4. The molecule has 3 aromatic rings. The molecule has 0 radical (unpaired) electrons. The summed E-state index contributed by atoms with van der Waals surface area (Å²) < 4.78 is 16.5. The van der Waals surface area contributed by atoms with Crippen molar-refractivity contribution in [2.24, 2.45) is 0 Å². The molecular weight excluding hydrogens is 444 g/mol. The van der Waals surface area contributed by atoms with E-state index in [-0.39, 0.29) is 22.3 Å². The van der Waals surface area contributed by atoms with E-state index in [0.717, 1.165) is 24.3 Å². The average Bonchev–Trinajstić information content (AvgIpc) is 2.76. The smallest absolute Gasteiger partial charge is 0.239 e. The molecule has 0 amide bonds. The maximum atomic E-state index is 13.2. The zero-order chi connectivity index (χ0) is 24.0. The van der Waals surface area contributed by atoms with Crippen molar-refractivity contribution in [2.75, 3.05) is 6.61 Å². The highest BCUT2D eigenvalue weighted by molar-refractivity contribution is 5.88. The minimum Gasteiger partial charge on any atom is -0.508 e. The second-order valence-electron chi connectivity index (χ2n) is 7.45. The van der Waals surface area contributed by atoms with Crippen LogP contribution in [0.5, 0.6) is 28.7 Å². The summed E-state index contributed by atoms with van der Waals surface area (Å²) in [5.41, 5.74) is -1.19. The molecule has 1 aliphatic heterocycles. The maximum absolute atomic E-state index is 13.2. The number of fused-ring (bicyclic) bond motifs is 1. The topological polar surface area (TPSA) is 211 Å². The molecular formula is C21H20O12. The Morgan fingerprint density at radius 1 is 0.879 bits per heavy atom. The van der Waals surface area contributed by atoms with Gasteiger partial charge in [0.2, 0.25) is 17.5 Å². The maximum Gasteiger partial charge on any atom is 0.239 e. The number of aromatic hydroxyl groups is 4. The van der Waals surface area contributed by atoms with E-state index in [1.165, 1.54) is 6.07 Å². The molecule has 1 aromatic heterocycles. The van der Waals surface area contributed by atoms with Crippen LogP contribution in [-0.4, -0.2) is 78.2 Å². The minimum absolute atomic E-state index is 0.0201. The normalized spacial score (nSPS) is 25.3. The molecule has 0 aliphatic carbocycles. The first-order valence-corrected chi connectivity index (χ1v) is 9.64. The van der Waals surface area contributed by atoms with Crippen LogP contribution >= 0.6 is 0 Å². The predicted octanol–water partition coefficient (Wildman–Crippen LogP) is -0.539. The Labute approximate surface area is 184 Å². The number of aliphatic hydroxyl groups is 4.